The minimum atomic E-state index is -0.266. The van der Waals surface area contributed by atoms with Gasteiger partial charge >= 0.3 is 0 Å². The molecule has 0 saturated carbocycles. The molecule has 0 aliphatic heterocycles. The Morgan fingerprint density at radius 1 is 0.367 bits per heavy atom. The Bertz CT molecular complexity index is 877. The zero-order chi connectivity index (χ0) is 20.9. The van der Waals surface area contributed by atoms with Gasteiger partial charge in [-0.1, -0.05) is 153 Å². The monoisotopic (exact) mass is 518 g/mol. The Morgan fingerprint density at radius 2 is 0.567 bits per heavy atom. The quantitative estimate of drug-likeness (QED) is 0.215. The zero-order valence-electron chi connectivity index (χ0n) is 16.7. The molecule has 150 valence electrons. The van der Waals surface area contributed by atoms with Gasteiger partial charge < -0.3 is 0 Å². The van der Waals surface area contributed by atoms with Gasteiger partial charge in [-0.15, -0.1) is 0 Å². The maximum absolute atomic E-state index is 4.18. The van der Waals surface area contributed by atoms with E-state index < -0.39 is 0 Å². The van der Waals surface area contributed by atoms with E-state index in [1.165, 1.54) is 22.3 Å². The third-order valence-electron chi connectivity index (χ3n) is 5.74. The maximum atomic E-state index is 4.18. The van der Waals surface area contributed by atoms with E-state index in [2.05, 4.69) is 153 Å². The Balaban J connectivity index is 1.76. The molecule has 0 amide bonds. The molecule has 0 N–H and O–H groups in total. The second-order valence-corrected chi connectivity index (χ2v) is 10.3. The summed E-state index contributed by atoms with van der Waals surface area (Å²) in [5, 5.41) is 0. The van der Waals surface area contributed by atoms with Crippen LogP contribution in [0.15, 0.2) is 121 Å². The molecule has 2 heteroatoms. The van der Waals surface area contributed by atoms with Crippen LogP contribution in [0.3, 0.4) is 0 Å². The fraction of sp³-hybridized carbons (Fsp3) is 0.143. The first-order valence-corrected chi connectivity index (χ1v) is 11.8. The maximum Gasteiger partial charge on any atom is 0.0755 e. The van der Waals surface area contributed by atoms with Crippen molar-refractivity contribution in [1.82, 2.24) is 0 Å². The lowest BCUT2D eigenvalue weighted by molar-refractivity contribution is 0.564. The molecule has 0 fully saturated rings. The second kappa shape index (κ2) is 9.32. The molecule has 0 heterocycles. The average Bonchev–Trinajstić information content (AvgIpc) is 2.84. The van der Waals surface area contributed by atoms with E-state index in [0.29, 0.717) is 0 Å². The van der Waals surface area contributed by atoms with Gasteiger partial charge in [0.2, 0.25) is 0 Å². The number of hydrogen-bond acceptors (Lipinski definition) is 0. The van der Waals surface area contributed by atoms with E-state index in [9.17, 15) is 0 Å². The van der Waals surface area contributed by atoms with Crippen molar-refractivity contribution >= 4 is 31.9 Å². The predicted octanol–water partition coefficient (Wildman–Crippen LogP) is 8.44. The molecule has 0 radical (unpaired) electrons. The Labute approximate surface area is 196 Å². The van der Waals surface area contributed by atoms with Crippen molar-refractivity contribution in [2.24, 2.45) is 0 Å². The summed E-state index contributed by atoms with van der Waals surface area (Å²) in [6.07, 6.45) is 1.85. The van der Waals surface area contributed by atoms with Gasteiger partial charge in [0.15, 0.2) is 0 Å². The highest BCUT2D eigenvalue weighted by Gasteiger charge is 2.37. The molecule has 4 aromatic carbocycles. The van der Waals surface area contributed by atoms with Crippen molar-refractivity contribution in [2.45, 2.75) is 21.5 Å². The Hall–Kier alpha value is -2.16. The van der Waals surface area contributed by atoms with Gasteiger partial charge in [-0.2, -0.15) is 0 Å². The molecule has 0 nitrogen and oxygen atoms in total. The molecule has 4 aromatic rings. The van der Waals surface area contributed by atoms with Crippen LogP contribution in [0.2, 0.25) is 0 Å². The van der Waals surface area contributed by atoms with Gasteiger partial charge in [-0.25, -0.2) is 0 Å². The van der Waals surface area contributed by atoms with E-state index in [1.807, 2.05) is 0 Å². The van der Waals surface area contributed by atoms with Crippen LogP contribution in [0.4, 0.5) is 0 Å². The van der Waals surface area contributed by atoms with Crippen LogP contribution in [-0.2, 0) is 8.65 Å². The van der Waals surface area contributed by atoms with E-state index >= 15 is 0 Å². The lowest BCUT2D eigenvalue weighted by Gasteiger charge is -2.35. The van der Waals surface area contributed by atoms with Crippen LogP contribution in [0.5, 0.6) is 0 Å². The topological polar surface area (TPSA) is 0 Å². The minimum Gasteiger partial charge on any atom is -0.0749 e. The highest BCUT2D eigenvalue weighted by molar-refractivity contribution is 9.10. The highest BCUT2D eigenvalue weighted by atomic mass is 79.9. The summed E-state index contributed by atoms with van der Waals surface area (Å²) < 4.78 is -0.532. The molecule has 0 unspecified atom stereocenters. The van der Waals surface area contributed by atoms with Crippen molar-refractivity contribution < 1.29 is 0 Å². The summed E-state index contributed by atoms with van der Waals surface area (Å²) in [4.78, 5) is 0. The third kappa shape index (κ3) is 4.31. The van der Waals surface area contributed by atoms with Gasteiger partial charge in [0.25, 0.3) is 0 Å². The summed E-state index contributed by atoms with van der Waals surface area (Å²) in [6, 6.07) is 42.9. The molecule has 30 heavy (non-hydrogen) atoms. The third-order valence-corrected chi connectivity index (χ3v) is 8.36. The van der Waals surface area contributed by atoms with E-state index in [4.69, 9.17) is 0 Å². The van der Waals surface area contributed by atoms with Gasteiger partial charge in [0, 0.05) is 0 Å². The number of rotatable bonds is 7. The smallest absolute Gasteiger partial charge is 0.0749 e. The minimum absolute atomic E-state index is 0.266. The molecule has 0 saturated heterocycles. The molecule has 4 rings (SSSR count). The van der Waals surface area contributed by atoms with E-state index in [0.717, 1.165) is 12.8 Å². The van der Waals surface area contributed by atoms with Crippen LogP contribution in [0, 0.1) is 0 Å². The van der Waals surface area contributed by atoms with Crippen LogP contribution in [0.1, 0.15) is 35.1 Å². The van der Waals surface area contributed by atoms with E-state index in [-0.39, 0.29) is 8.65 Å². The van der Waals surface area contributed by atoms with Crippen LogP contribution in [-0.4, -0.2) is 0 Å². The predicted molar refractivity (Wildman–Crippen MR) is 134 cm³/mol. The van der Waals surface area contributed by atoms with Gasteiger partial charge in [-0.3, -0.25) is 0 Å². The van der Waals surface area contributed by atoms with Crippen LogP contribution in [0.25, 0.3) is 0 Å². The molecule has 0 atom stereocenters. The normalized spacial score (nSPS) is 11.9. The first-order chi connectivity index (χ1) is 14.6. The zero-order valence-corrected chi connectivity index (χ0v) is 19.9. The lowest BCUT2D eigenvalue weighted by atomic mass is 9.80. The van der Waals surface area contributed by atoms with Crippen LogP contribution >= 0.6 is 31.9 Å². The fourth-order valence-corrected chi connectivity index (χ4v) is 5.52. The summed E-state index contributed by atoms with van der Waals surface area (Å²) >= 11 is 8.36. The van der Waals surface area contributed by atoms with Gasteiger partial charge in [-0.05, 0) is 35.1 Å². The molecule has 0 bridgehead atoms. The fourth-order valence-electron chi connectivity index (χ4n) is 4.06. The van der Waals surface area contributed by atoms with Crippen molar-refractivity contribution in [1.29, 1.82) is 0 Å². The first-order valence-electron chi connectivity index (χ1n) is 10.2. The second-order valence-electron chi connectivity index (χ2n) is 7.57. The lowest BCUT2D eigenvalue weighted by Crippen LogP contribution is -2.26. The molecule has 0 spiro atoms. The first kappa shape index (κ1) is 21.1. The highest BCUT2D eigenvalue weighted by Crippen LogP contribution is 2.49. The van der Waals surface area contributed by atoms with E-state index in [1.54, 1.807) is 0 Å². The molecule has 0 aliphatic carbocycles. The number of alkyl halides is 2. The molecular weight excluding hydrogens is 496 g/mol. The molecule has 0 aromatic heterocycles. The van der Waals surface area contributed by atoms with Crippen molar-refractivity contribution in [3.8, 4) is 0 Å². The largest absolute Gasteiger partial charge is 0.0755 e. The van der Waals surface area contributed by atoms with Crippen molar-refractivity contribution in [3.63, 3.8) is 0 Å². The summed E-state index contributed by atoms with van der Waals surface area (Å²) in [5.74, 6) is 0. The van der Waals surface area contributed by atoms with Crippen molar-refractivity contribution in [3.05, 3.63) is 144 Å². The summed E-state index contributed by atoms with van der Waals surface area (Å²) in [6.45, 7) is 0. The van der Waals surface area contributed by atoms with Gasteiger partial charge in [0.05, 0.1) is 8.65 Å². The number of benzene rings is 4. The summed E-state index contributed by atoms with van der Waals surface area (Å²) in [5.41, 5.74) is 5.08. The Kier molecular flexibility index (Phi) is 6.55. The Morgan fingerprint density at radius 3 is 0.767 bits per heavy atom. The molecule has 0 aliphatic rings. The molecular formula is C28H24Br2. The standard InChI is InChI=1S/C28H24Br2/c29-27(23-13-5-1-6-14-23,24-15-7-2-8-16-24)21-22-28(30,25-17-9-3-10-18-25)26-19-11-4-12-20-26/h1-20H,21-22H2. The SMILES string of the molecule is BrC(CCC(Br)(c1ccccc1)c1ccccc1)(c1ccccc1)c1ccccc1. The summed E-state index contributed by atoms with van der Waals surface area (Å²) in [7, 11) is 0. The van der Waals surface area contributed by atoms with Crippen molar-refractivity contribution in [2.75, 3.05) is 0 Å². The number of hydrogen-bond donors (Lipinski definition) is 0. The average molecular weight is 520 g/mol. The number of halogens is 2. The van der Waals surface area contributed by atoms with Crippen LogP contribution < -0.4 is 0 Å². The van der Waals surface area contributed by atoms with Gasteiger partial charge in [0.1, 0.15) is 0 Å².